The van der Waals surface area contributed by atoms with Gasteiger partial charge < -0.3 is 19.7 Å². The molecule has 0 saturated heterocycles. The number of halogens is 1. The van der Waals surface area contributed by atoms with E-state index in [1.54, 1.807) is 92.9 Å². The molecule has 2 amide bonds. The van der Waals surface area contributed by atoms with Gasteiger partial charge in [0.05, 0.1) is 25.5 Å². The third-order valence-electron chi connectivity index (χ3n) is 4.75. The topological polar surface area (TPSA) is 67.9 Å². The lowest BCUT2D eigenvalue weighted by molar-refractivity contribution is 0.0785. The molecular weight excluding hydrogens is 416 g/mol. The molecule has 0 radical (unpaired) electrons. The Morgan fingerprint density at radius 1 is 0.968 bits per heavy atom. The van der Waals surface area contributed by atoms with E-state index in [1.807, 2.05) is 0 Å². The van der Waals surface area contributed by atoms with Crippen molar-refractivity contribution in [2.24, 2.45) is 0 Å². The molecule has 0 atom stereocenters. The molecule has 3 aromatic carbocycles. The van der Waals surface area contributed by atoms with Gasteiger partial charge in [0.2, 0.25) is 0 Å². The monoisotopic (exact) mass is 438 g/mol. The average Bonchev–Trinajstić information content (AvgIpc) is 2.79. The van der Waals surface area contributed by atoms with Crippen molar-refractivity contribution in [3.05, 3.63) is 88.4 Å². The van der Waals surface area contributed by atoms with Crippen LogP contribution in [-0.2, 0) is 6.54 Å². The Kier molecular flexibility index (Phi) is 7.15. The van der Waals surface area contributed by atoms with Gasteiger partial charge in [0, 0.05) is 29.7 Å². The first kappa shape index (κ1) is 22.2. The van der Waals surface area contributed by atoms with E-state index in [0.29, 0.717) is 39.9 Å². The number of nitrogens with one attached hydrogen (secondary N) is 1. The quantitative estimate of drug-likeness (QED) is 0.570. The molecule has 3 aromatic rings. The van der Waals surface area contributed by atoms with Gasteiger partial charge in [-0.1, -0.05) is 23.7 Å². The van der Waals surface area contributed by atoms with Gasteiger partial charge in [0.15, 0.2) is 0 Å². The predicted octanol–water partition coefficient (Wildman–Crippen LogP) is 4.88. The molecule has 0 aliphatic rings. The molecule has 0 bridgehead atoms. The zero-order chi connectivity index (χ0) is 22.4. The van der Waals surface area contributed by atoms with Crippen LogP contribution in [0.25, 0.3) is 0 Å². The minimum Gasteiger partial charge on any atom is -0.497 e. The molecule has 6 nitrogen and oxygen atoms in total. The van der Waals surface area contributed by atoms with Crippen LogP contribution in [0, 0.1) is 0 Å². The van der Waals surface area contributed by atoms with E-state index in [2.05, 4.69) is 5.32 Å². The lowest BCUT2D eigenvalue weighted by atomic mass is 10.1. The first-order valence-electron chi connectivity index (χ1n) is 9.55. The van der Waals surface area contributed by atoms with Crippen LogP contribution in [0.15, 0.2) is 66.7 Å². The van der Waals surface area contributed by atoms with Crippen LogP contribution in [0.4, 0.5) is 5.69 Å². The molecule has 0 aliphatic carbocycles. The van der Waals surface area contributed by atoms with E-state index in [-0.39, 0.29) is 11.8 Å². The maximum Gasteiger partial charge on any atom is 0.256 e. The van der Waals surface area contributed by atoms with Crippen molar-refractivity contribution >= 4 is 29.1 Å². The highest BCUT2D eigenvalue weighted by atomic mass is 35.5. The van der Waals surface area contributed by atoms with Crippen molar-refractivity contribution in [3.8, 4) is 11.5 Å². The zero-order valence-electron chi connectivity index (χ0n) is 17.5. The second kappa shape index (κ2) is 10.00. The first-order valence-corrected chi connectivity index (χ1v) is 9.93. The van der Waals surface area contributed by atoms with Crippen LogP contribution in [0.1, 0.15) is 26.3 Å². The Labute approximate surface area is 186 Å². The number of amides is 2. The number of hydrogen-bond acceptors (Lipinski definition) is 4. The van der Waals surface area contributed by atoms with Crippen LogP contribution in [0.2, 0.25) is 5.02 Å². The molecule has 0 saturated carbocycles. The molecule has 0 aromatic heterocycles. The van der Waals surface area contributed by atoms with Gasteiger partial charge in [-0.2, -0.15) is 0 Å². The number of carbonyl (C=O) groups excluding carboxylic acids is 2. The zero-order valence-corrected chi connectivity index (χ0v) is 18.3. The number of benzene rings is 3. The number of anilines is 1. The van der Waals surface area contributed by atoms with Crippen molar-refractivity contribution in [1.29, 1.82) is 0 Å². The third-order valence-corrected chi connectivity index (χ3v) is 4.99. The molecule has 0 unspecified atom stereocenters. The Morgan fingerprint density at radius 2 is 1.68 bits per heavy atom. The standard InChI is InChI=1S/C24H23ClN2O4/c1-27(15-17-14-18(25)10-13-22(17)31-3)24(29)20-6-4-5-7-21(20)26-23(28)16-8-11-19(30-2)12-9-16/h4-14H,15H2,1-3H3,(H,26,28). The highest BCUT2D eigenvalue weighted by molar-refractivity contribution is 6.30. The maximum absolute atomic E-state index is 13.1. The van der Waals surface area contributed by atoms with E-state index >= 15 is 0 Å². The second-order valence-corrected chi connectivity index (χ2v) is 7.28. The summed E-state index contributed by atoms with van der Waals surface area (Å²) in [6.07, 6.45) is 0. The van der Waals surface area contributed by atoms with Gasteiger partial charge in [-0.3, -0.25) is 9.59 Å². The van der Waals surface area contributed by atoms with E-state index in [9.17, 15) is 9.59 Å². The molecule has 1 N–H and O–H groups in total. The Hall–Kier alpha value is -3.51. The second-order valence-electron chi connectivity index (χ2n) is 6.85. The fraction of sp³-hybridized carbons (Fsp3) is 0.167. The van der Waals surface area contributed by atoms with Crippen LogP contribution >= 0.6 is 11.6 Å². The highest BCUT2D eigenvalue weighted by Crippen LogP contribution is 2.25. The van der Waals surface area contributed by atoms with Crippen LogP contribution in [0.3, 0.4) is 0 Å². The number of carbonyl (C=O) groups is 2. The van der Waals surface area contributed by atoms with E-state index in [1.165, 1.54) is 0 Å². The summed E-state index contributed by atoms with van der Waals surface area (Å²) in [5.41, 5.74) is 2.05. The van der Waals surface area contributed by atoms with Crippen molar-refractivity contribution in [2.45, 2.75) is 6.54 Å². The molecule has 160 valence electrons. The van der Waals surface area contributed by atoms with Gasteiger partial charge >= 0.3 is 0 Å². The third kappa shape index (κ3) is 5.35. The van der Waals surface area contributed by atoms with Crippen molar-refractivity contribution in [3.63, 3.8) is 0 Å². The summed E-state index contributed by atoms with van der Waals surface area (Å²) < 4.78 is 10.5. The number of nitrogens with zero attached hydrogens (tertiary/aromatic N) is 1. The van der Waals surface area contributed by atoms with Gasteiger partial charge in [-0.15, -0.1) is 0 Å². The molecule has 0 heterocycles. The van der Waals surface area contributed by atoms with Crippen LogP contribution < -0.4 is 14.8 Å². The molecule has 3 rings (SSSR count). The van der Waals surface area contributed by atoms with Crippen LogP contribution in [-0.4, -0.2) is 38.0 Å². The number of hydrogen-bond donors (Lipinski definition) is 1. The molecule has 0 spiro atoms. The van der Waals surface area contributed by atoms with Gasteiger partial charge in [-0.05, 0) is 54.6 Å². The molecular formula is C24H23ClN2O4. The van der Waals surface area contributed by atoms with E-state index in [4.69, 9.17) is 21.1 Å². The predicted molar refractivity (Wildman–Crippen MR) is 121 cm³/mol. The van der Waals surface area contributed by atoms with Crippen molar-refractivity contribution in [2.75, 3.05) is 26.6 Å². The van der Waals surface area contributed by atoms with Gasteiger partial charge in [0.25, 0.3) is 11.8 Å². The van der Waals surface area contributed by atoms with Crippen LogP contribution in [0.5, 0.6) is 11.5 Å². The minimum absolute atomic E-state index is 0.243. The summed E-state index contributed by atoms with van der Waals surface area (Å²) in [4.78, 5) is 27.4. The summed E-state index contributed by atoms with van der Waals surface area (Å²) >= 11 is 6.10. The van der Waals surface area contributed by atoms with Crippen molar-refractivity contribution < 1.29 is 19.1 Å². The maximum atomic E-state index is 13.1. The Balaban J connectivity index is 1.79. The normalized spacial score (nSPS) is 10.3. The van der Waals surface area contributed by atoms with Gasteiger partial charge in [-0.25, -0.2) is 0 Å². The number of methoxy groups -OCH3 is 2. The number of para-hydroxylation sites is 1. The molecule has 0 fully saturated rings. The minimum atomic E-state index is -0.318. The highest BCUT2D eigenvalue weighted by Gasteiger charge is 2.19. The fourth-order valence-corrected chi connectivity index (χ4v) is 3.31. The SMILES string of the molecule is COc1ccc(C(=O)Nc2ccccc2C(=O)N(C)Cc2cc(Cl)ccc2OC)cc1. The number of ether oxygens (including phenoxy) is 2. The summed E-state index contributed by atoms with van der Waals surface area (Å²) in [5.74, 6) is 0.741. The molecule has 7 heteroatoms. The summed E-state index contributed by atoms with van der Waals surface area (Å²) in [6.45, 7) is 0.295. The van der Waals surface area contributed by atoms with Crippen molar-refractivity contribution in [1.82, 2.24) is 4.90 Å². The lowest BCUT2D eigenvalue weighted by Gasteiger charge is -2.21. The lowest BCUT2D eigenvalue weighted by Crippen LogP contribution is -2.27. The number of rotatable bonds is 7. The summed E-state index contributed by atoms with van der Waals surface area (Å²) in [7, 11) is 4.82. The molecule has 0 aliphatic heterocycles. The largest absolute Gasteiger partial charge is 0.497 e. The van der Waals surface area contributed by atoms with E-state index < -0.39 is 0 Å². The molecule has 31 heavy (non-hydrogen) atoms. The smallest absolute Gasteiger partial charge is 0.256 e. The van der Waals surface area contributed by atoms with Gasteiger partial charge in [0.1, 0.15) is 11.5 Å². The fourth-order valence-electron chi connectivity index (χ4n) is 3.12. The van der Waals surface area contributed by atoms with E-state index in [0.717, 1.165) is 5.56 Å². The first-order chi connectivity index (χ1) is 14.9. The summed E-state index contributed by atoms with van der Waals surface area (Å²) in [6, 6.07) is 18.9. The Morgan fingerprint density at radius 3 is 2.35 bits per heavy atom. The Bertz CT molecular complexity index is 1080. The summed E-state index contributed by atoms with van der Waals surface area (Å²) in [5, 5.41) is 3.38. The average molecular weight is 439 g/mol.